The van der Waals surface area contributed by atoms with Gasteiger partial charge in [0.05, 0.1) is 5.52 Å². The van der Waals surface area contributed by atoms with Crippen molar-refractivity contribution < 1.29 is 13.2 Å². The molecule has 1 aromatic carbocycles. The Bertz CT molecular complexity index is 694. The van der Waals surface area contributed by atoms with Gasteiger partial charge in [0.2, 0.25) is 5.92 Å². The third-order valence-electron chi connectivity index (χ3n) is 4.03. The van der Waals surface area contributed by atoms with Gasteiger partial charge in [-0.3, -0.25) is 0 Å². The normalized spacial score (nSPS) is 21.6. The number of benzene rings is 1. The van der Waals surface area contributed by atoms with Crippen LogP contribution in [0.15, 0.2) is 16.6 Å². The number of aromatic nitrogens is 2. The number of imidazole rings is 1. The number of alkyl halides is 2. The van der Waals surface area contributed by atoms with Crippen LogP contribution in [0.2, 0.25) is 0 Å². The third kappa shape index (κ3) is 2.58. The molecule has 0 N–H and O–H groups in total. The minimum Gasteiger partial charge on any atom is -0.325 e. The SMILES string of the molecule is CC(C)n1c([C@H]2CCC(F)(F)C2)nc2c(F)cc(Br)cc21. The molecule has 2 nitrogen and oxygen atoms in total. The Kier molecular flexibility index (Phi) is 3.55. The maximum absolute atomic E-state index is 14.1. The predicted molar refractivity (Wildman–Crippen MR) is 79.3 cm³/mol. The molecule has 0 saturated heterocycles. The number of rotatable bonds is 2. The van der Waals surface area contributed by atoms with Gasteiger partial charge in [0.15, 0.2) is 5.82 Å². The van der Waals surface area contributed by atoms with E-state index < -0.39 is 11.7 Å². The van der Waals surface area contributed by atoms with Crippen LogP contribution in [0.4, 0.5) is 13.2 Å². The summed E-state index contributed by atoms with van der Waals surface area (Å²) in [6, 6.07) is 3.18. The van der Waals surface area contributed by atoms with Gasteiger partial charge in [-0.15, -0.1) is 0 Å². The highest BCUT2D eigenvalue weighted by atomic mass is 79.9. The van der Waals surface area contributed by atoms with Crippen LogP contribution >= 0.6 is 15.9 Å². The van der Waals surface area contributed by atoms with Crippen LogP contribution in [0.1, 0.15) is 50.9 Å². The van der Waals surface area contributed by atoms with E-state index in [0.29, 0.717) is 22.2 Å². The summed E-state index contributed by atoms with van der Waals surface area (Å²) in [6.07, 6.45) is 0.0722. The topological polar surface area (TPSA) is 17.8 Å². The third-order valence-corrected chi connectivity index (χ3v) is 4.48. The van der Waals surface area contributed by atoms with Gasteiger partial charge in [-0.25, -0.2) is 18.2 Å². The monoisotopic (exact) mass is 360 g/mol. The molecule has 1 saturated carbocycles. The Morgan fingerprint density at radius 1 is 1.38 bits per heavy atom. The van der Waals surface area contributed by atoms with Crippen molar-refractivity contribution in [1.29, 1.82) is 0 Å². The molecular formula is C15H16BrF3N2. The van der Waals surface area contributed by atoms with Gasteiger partial charge < -0.3 is 4.57 Å². The van der Waals surface area contributed by atoms with Gasteiger partial charge in [-0.1, -0.05) is 15.9 Å². The lowest BCUT2D eigenvalue weighted by molar-refractivity contribution is 0.00744. The first-order valence-electron chi connectivity index (χ1n) is 7.03. The number of halogens is 4. The van der Waals surface area contributed by atoms with Crippen LogP contribution < -0.4 is 0 Å². The van der Waals surface area contributed by atoms with Crippen LogP contribution in [0.25, 0.3) is 11.0 Å². The Labute approximate surface area is 129 Å². The standard InChI is InChI=1S/C15H16BrF3N2/c1-8(2)21-12-6-10(16)5-11(17)13(12)20-14(21)9-3-4-15(18,19)7-9/h5-6,8-9H,3-4,7H2,1-2H3/t9-/m0/s1. The summed E-state index contributed by atoms with van der Waals surface area (Å²) in [6.45, 7) is 3.91. The molecule has 0 aliphatic heterocycles. The average Bonchev–Trinajstić information content (AvgIpc) is 2.89. The smallest absolute Gasteiger partial charge is 0.248 e. The second-order valence-corrected chi connectivity index (χ2v) is 6.90. The lowest BCUT2D eigenvalue weighted by Crippen LogP contribution is -2.13. The van der Waals surface area contributed by atoms with Crippen molar-refractivity contribution in [2.45, 2.75) is 51.0 Å². The van der Waals surface area contributed by atoms with Crippen molar-refractivity contribution in [2.24, 2.45) is 0 Å². The van der Waals surface area contributed by atoms with Crippen molar-refractivity contribution in [3.63, 3.8) is 0 Å². The first kappa shape index (κ1) is 14.9. The summed E-state index contributed by atoms with van der Waals surface area (Å²) in [7, 11) is 0. The van der Waals surface area contributed by atoms with E-state index in [1.807, 2.05) is 18.4 Å². The Balaban J connectivity index is 2.19. The zero-order valence-corrected chi connectivity index (χ0v) is 13.4. The molecule has 0 bridgehead atoms. The lowest BCUT2D eigenvalue weighted by atomic mass is 10.1. The van der Waals surface area contributed by atoms with Gasteiger partial charge in [0, 0.05) is 29.3 Å². The molecule has 1 aliphatic carbocycles. The highest BCUT2D eigenvalue weighted by molar-refractivity contribution is 9.10. The van der Waals surface area contributed by atoms with Crippen molar-refractivity contribution in [2.75, 3.05) is 0 Å². The average molecular weight is 361 g/mol. The molecule has 0 radical (unpaired) electrons. The van der Waals surface area contributed by atoms with Gasteiger partial charge in [-0.05, 0) is 32.4 Å². The van der Waals surface area contributed by atoms with E-state index in [2.05, 4.69) is 20.9 Å². The molecular weight excluding hydrogens is 345 g/mol. The second kappa shape index (κ2) is 5.00. The molecule has 1 atom stereocenters. The second-order valence-electron chi connectivity index (χ2n) is 5.98. The summed E-state index contributed by atoms with van der Waals surface area (Å²) < 4.78 is 43.6. The maximum Gasteiger partial charge on any atom is 0.248 e. The summed E-state index contributed by atoms with van der Waals surface area (Å²) in [5.74, 6) is -2.80. The van der Waals surface area contributed by atoms with Gasteiger partial charge >= 0.3 is 0 Å². The fourth-order valence-electron chi connectivity index (χ4n) is 3.14. The first-order chi connectivity index (χ1) is 9.78. The van der Waals surface area contributed by atoms with Crippen molar-refractivity contribution >= 4 is 27.0 Å². The Hall–Kier alpha value is -1.04. The van der Waals surface area contributed by atoms with Crippen molar-refractivity contribution in [3.8, 4) is 0 Å². The van der Waals surface area contributed by atoms with Crippen LogP contribution in [0.5, 0.6) is 0 Å². The molecule has 1 fully saturated rings. The van der Waals surface area contributed by atoms with Crippen LogP contribution in [-0.4, -0.2) is 15.5 Å². The minimum absolute atomic E-state index is 0.0351. The Morgan fingerprint density at radius 3 is 2.67 bits per heavy atom. The summed E-state index contributed by atoms with van der Waals surface area (Å²) >= 11 is 3.28. The fraction of sp³-hybridized carbons (Fsp3) is 0.533. The van der Waals surface area contributed by atoms with E-state index in [1.165, 1.54) is 6.07 Å². The van der Waals surface area contributed by atoms with Gasteiger partial charge in [0.1, 0.15) is 11.3 Å². The van der Waals surface area contributed by atoms with Crippen LogP contribution in [0, 0.1) is 5.82 Å². The van der Waals surface area contributed by atoms with Gasteiger partial charge in [0.25, 0.3) is 0 Å². The van der Waals surface area contributed by atoms with E-state index in [0.717, 1.165) is 0 Å². The molecule has 3 rings (SSSR count). The molecule has 1 heterocycles. The van der Waals surface area contributed by atoms with Gasteiger partial charge in [-0.2, -0.15) is 0 Å². The van der Waals surface area contributed by atoms with Crippen LogP contribution in [0.3, 0.4) is 0 Å². The first-order valence-corrected chi connectivity index (χ1v) is 7.82. The quantitative estimate of drug-likeness (QED) is 0.698. The van der Waals surface area contributed by atoms with E-state index in [4.69, 9.17) is 0 Å². The zero-order valence-electron chi connectivity index (χ0n) is 11.8. The fourth-order valence-corrected chi connectivity index (χ4v) is 3.56. The van der Waals surface area contributed by atoms with E-state index >= 15 is 0 Å². The predicted octanol–water partition coefficient (Wildman–Crippen LogP) is 5.42. The molecule has 0 amide bonds. The zero-order chi connectivity index (χ0) is 15.4. The van der Waals surface area contributed by atoms with Crippen molar-refractivity contribution in [3.05, 3.63) is 28.2 Å². The summed E-state index contributed by atoms with van der Waals surface area (Å²) in [4.78, 5) is 4.36. The van der Waals surface area contributed by atoms with E-state index in [1.54, 1.807) is 6.07 Å². The molecule has 1 aliphatic rings. The van der Waals surface area contributed by atoms with Crippen molar-refractivity contribution in [1.82, 2.24) is 9.55 Å². The van der Waals surface area contributed by atoms with E-state index in [-0.39, 0.29) is 30.3 Å². The number of fused-ring (bicyclic) bond motifs is 1. The highest BCUT2D eigenvalue weighted by Crippen LogP contribution is 2.45. The largest absolute Gasteiger partial charge is 0.325 e. The number of hydrogen-bond acceptors (Lipinski definition) is 1. The number of nitrogens with zero attached hydrogens (tertiary/aromatic N) is 2. The molecule has 21 heavy (non-hydrogen) atoms. The molecule has 0 unspecified atom stereocenters. The number of hydrogen-bond donors (Lipinski definition) is 0. The highest BCUT2D eigenvalue weighted by Gasteiger charge is 2.42. The van der Waals surface area contributed by atoms with Crippen LogP contribution in [-0.2, 0) is 0 Å². The molecule has 2 aromatic rings. The lowest BCUT2D eigenvalue weighted by Gasteiger charge is -2.17. The molecule has 114 valence electrons. The Morgan fingerprint density at radius 2 is 2.10 bits per heavy atom. The van der Waals surface area contributed by atoms with E-state index in [9.17, 15) is 13.2 Å². The molecule has 0 spiro atoms. The molecule has 6 heteroatoms. The summed E-state index contributed by atoms with van der Waals surface area (Å²) in [5, 5.41) is 0. The summed E-state index contributed by atoms with van der Waals surface area (Å²) in [5.41, 5.74) is 0.916. The molecule has 1 aromatic heterocycles. The maximum atomic E-state index is 14.1. The minimum atomic E-state index is -2.64.